The predicted octanol–water partition coefficient (Wildman–Crippen LogP) is 5.22. The number of hydrazone groups is 1. The van der Waals surface area contributed by atoms with Crippen molar-refractivity contribution in [2.45, 2.75) is 0 Å². The second-order valence-electron chi connectivity index (χ2n) is 7.39. The second kappa shape index (κ2) is 9.39. The summed E-state index contributed by atoms with van der Waals surface area (Å²) in [4.78, 5) is 12.6. The molecule has 33 heavy (non-hydrogen) atoms. The van der Waals surface area contributed by atoms with E-state index in [1.165, 1.54) is 18.2 Å². The first kappa shape index (κ1) is 23.0. The van der Waals surface area contributed by atoms with Crippen molar-refractivity contribution < 1.29 is 13.2 Å². The molecule has 0 bridgehead atoms. The van der Waals surface area contributed by atoms with Crippen molar-refractivity contribution in [2.24, 2.45) is 5.10 Å². The molecule has 6 nitrogen and oxygen atoms in total. The van der Waals surface area contributed by atoms with E-state index >= 15 is 0 Å². The van der Waals surface area contributed by atoms with E-state index in [2.05, 4.69) is 16.6 Å². The molecule has 1 N–H and O–H groups in total. The largest absolute Gasteiger partial charge is 0.271 e. The fourth-order valence-electron chi connectivity index (χ4n) is 3.56. The number of nitrogens with zero attached hydrogens (tertiary/aromatic N) is 2. The zero-order valence-electron chi connectivity index (χ0n) is 17.5. The zero-order chi connectivity index (χ0) is 23.6. The van der Waals surface area contributed by atoms with E-state index in [0.717, 1.165) is 37.7 Å². The molecule has 9 heteroatoms. The Morgan fingerprint density at radius 3 is 2.12 bits per heavy atom. The van der Waals surface area contributed by atoms with E-state index in [1.807, 2.05) is 48.5 Å². The van der Waals surface area contributed by atoms with Gasteiger partial charge in [0.15, 0.2) is 0 Å². The van der Waals surface area contributed by atoms with Crippen molar-refractivity contribution in [3.8, 4) is 0 Å². The van der Waals surface area contributed by atoms with E-state index in [9.17, 15) is 13.2 Å². The van der Waals surface area contributed by atoms with E-state index < -0.39 is 22.5 Å². The van der Waals surface area contributed by atoms with Gasteiger partial charge in [-0.05, 0) is 45.8 Å². The van der Waals surface area contributed by atoms with Crippen LogP contribution in [0.15, 0.2) is 77.9 Å². The van der Waals surface area contributed by atoms with Gasteiger partial charge in [0.25, 0.3) is 5.91 Å². The molecule has 0 radical (unpaired) electrons. The molecule has 0 aliphatic carbocycles. The summed E-state index contributed by atoms with van der Waals surface area (Å²) in [5, 5.41) is 8.65. The predicted molar refractivity (Wildman–Crippen MR) is 136 cm³/mol. The van der Waals surface area contributed by atoms with Crippen LogP contribution in [0.2, 0.25) is 10.0 Å². The third kappa shape index (κ3) is 5.11. The lowest BCUT2D eigenvalue weighted by Gasteiger charge is -2.21. The summed E-state index contributed by atoms with van der Waals surface area (Å²) < 4.78 is 25.5. The maximum absolute atomic E-state index is 12.6. The van der Waals surface area contributed by atoms with Crippen molar-refractivity contribution in [3.63, 3.8) is 0 Å². The summed E-state index contributed by atoms with van der Waals surface area (Å²) in [5.41, 5.74) is 3.51. The molecule has 0 spiro atoms. The number of fused-ring (bicyclic) bond motifs is 2. The lowest BCUT2D eigenvalue weighted by molar-refractivity contribution is -0.119. The normalized spacial score (nSPS) is 11.8. The maximum Gasteiger partial charge on any atom is 0.260 e. The van der Waals surface area contributed by atoms with Crippen LogP contribution in [0.3, 0.4) is 0 Å². The van der Waals surface area contributed by atoms with Crippen LogP contribution in [0.1, 0.15) is 5.56 Å². The van der Waals surface area contributed by atoms with Crippen LogP contribution in [0.4, 0.5) is 5.69 Å². The van der Waals surface area contributed by atoms with Crippen molar-refractivity contribution in [3.05, 3.63) is 88.4 Å². The number of benzene rings is 4. The summed E-state index contributed by atoms with van der Waals surface area (Å²) in [6.45, 7) is -0.468. The highest BCUT2D eigenvalue weighted by Gasteiger charge is 2.21. The van der Waals surface area contributed by atoms with Crippen LogP contribution in [0, 0.1) is 0 Å². The molecule has 0 saturated carbocycles. The molecule has 0 fully saturated rings. The van der Waals surface area contributed by atoms with E-state index in [4.69, 9.17) is 23.2 Å². The van der Waals surface area contributed by atoms with Gasteiger partial charge in [-0.15, -0.1) is 0 Å². The highest BCUT2D eigenvalue weighted by atomic mass is 35.5. The SMILES string of the molecule is CS(=O)(=O)N(CC(=O)N/N=C\c1c2ccccc2cc2ccccc12)c1ccc(Cl)c(Cl)c1. The zero-order valence-corrected chi connectivity index (χ0v) is 19.8. The minimum absolute atomic E-state index is 0.184. The average molecular weight is 500 g/mol. The van der Waals surface area contributed by atoms with Crippen LogP contribution in [0.5, 0.6) is 0 Å². The quantitative estimate of drug-likeness (QED) is 0.224. The number of rotatable bonds is 6. The summed E-state index contributed by atoms with van der Waals surface area (Å²) in [6, 6.07) is 22.2. The third-order valence-electron chi connectivity index (χ3n) is 5.07. The molecule has 1 amide bonds. The lowest BCUT2D eigenvalue weighted by atomic mass is 9.97. The number of carbonyl (C=O) groups excluding carboxylic acids is 1. The summed E-state index contributed by atoms with van der Waals surface area (Å²) in [5.74, 6) is -0.604. The lowest BCUT2D eigenvalue weighted by Crippen LogP contribution is -2.39. The summed E-state index contributed by atoms with van der Waals surface area (Å²) in [6.07, 6.45) is 2.58. The topological polar surface area (TPSA) is 78.8 Å². The molecule has 0 heterocycles. The number of hydrogen-bond donors (Lipinski definition) is 1. The van der Waals surface area contributed by atoms with E-state index in [1.54, 1.807) is 6.21 Å². The molecule has 0 aliphatic rings. The smallest absolute Gasteiger partial charge is 0.260 e. The van der Waals surface area contributed by atoms with Gasteiger partial charge in [-0.2, -0.15) is 5.10 Å². The first-order chi connectivity index (χ1) is 15.7. The fourth-order valence-corrected chi connectivity index (χ4v) is 4.70. The summed E-state index contributed by atoms with van der Waals surface area (Å²) >= 11 is 11.9. The Labute approximate surface area is 201 Å². The van der Waals surface area contributed by atoms with Crippen LogP contribution < -0.4 is 9.73 Å². The number of amides is 1. The van der Waals surface area contributed by atoms with Crippen LogP contribution in [-0.2, 0) is 14.8 Å². The molecular formula is C24H19Cl2N3O3S. The molecule has 0 aromatic heterocycles. The Bertz CT molecular complexity index is 1450. The molecule has 168 valence electrons. The van der Waals surface area contributed by atoms with Gasteiger partial charge >= 0.3 is 0 Å². The molecule has 4 aromatic carbocycles. The number of anilines is 1. The number of sulfonamides is 1. The number of nitrogens with one attached hydrogen (secondary N) is 1. The van der Waals surface area contributed by atoms with Crippen molar-refractivity contribution in [2.75, 3.05) is 17.1 Å². The highest BCUT2D eigenvalue weighted by molar-refractivity contribution is 7.92. The molecule has 0 atom stereocenters. The Morgan fingerprint density at radius 1 is 0.939 bits per heavy atom. The van der Waals surface area contributed by atoms with Crippen LogP contribution in [-0.4, -0.2) is 33.3 Å². The van der Waals surface area contributed by atoms with Crippen molar-refractivity contribution in [1.82, 2.24) is 5.43 Å². The van der Waals surface area contributed by atoms with Crippen LogP contribution in [0.25, 0.3) is 21.5 Å². The third-order valence-corrected chi connectivity index (χ3v) is 6.95. The second-order valence-corrected chi connectivity index (χ2v) is 10.1. The minimum atomic E-state index is -3.76. The highest BCUT2D eigenvalue weighted by Crippen LogP contribution is 2.29. The van der Waals surface area contributed by atoms with Gasteiger partial charge in [-0.3, -0.25) is 9.10 Å². The number of halogens is 2. The number of carbonyl (C=O) groups is 1. The van der Waals surface area contributed by atoms with Crippen molar-refractivity contribution in [1.29, 1.82) is 0 Å². The van der Waals surface area contributed by atoms with Gasteiger partial charge < -0.3 is 0 Å². The van der Waals surface area contributed by atoms with Gasteiger partial charge in [0.2, 0.25) is 10.0 Å². The minimum Gasteiger partial charge on any atom is -0.271 e. The summed E-state index contributed by atoms with van der Waals surface area (Å²) in [7, 11) is -3.76. The Morgan fingerprint density at radius 2 is 1.55 bits per heavy atom. The standard InChI is InChI=1S/C24H19Cl2N3O3S/c1-33(31,32)29(18-10-11-22(25)23(26)13-18)15-24(30)28-27-14-21-19-8-4-2-6-16(19)12-17-7-3-5-9-20(17)21/h2-14H,15H2,1H3,(H,28,30)/b27-14-. The van der Waals surface area contributed by atoms with E-state index in [0.29, 0.717) is 0 Å². The molecule has 4 aromatic rings. The van der Waals surface area contributed by atoms with Gasteiger partial charge in [-0.25, -0.2) is 13.8 Å². The fraction of sp³-hybridized carbons (Fsp3) is 0.0833. The van der Waals surface area contributed by atoms with Gasteiger partial charge in [0.05, 0.1) is 28.2 Å². The first-order valence-electron chi connectivity index (χ1n) is 9.89. The van der Waals surface area contributed by atoms with Gasteiger partial charge in [0.1, 0.15) is 6.54 Å². The van der Waals surface area contributed by atoms with Gasteiger partial charge in [-0.1, -0.05) is 71.7 Å². The Kier molecular flexibility index (Phi) is 6.56. The Hall–Kier alpha value is -3.13. The monoisotopic (exact) mass is 499 g/mol. The maximum atomic E-state index is 12.6. The van der Waals surface area contributed by atoms with Crippen LogP contribution >= 0.6 is 23.2 Å². The van der Waals surface area contributed by atoms with E-state index in [-0.39, 0.29) is 15.7 Å². The number of hydrogen-bond acceptors (Lipinski definition) is 4. The van der Waals surface area contributed by atoms with Crippen molar-refractivity contribution >= 4 is 72.6 Å². The molecular weight excluding hydrogens is 481 g/mol. The Balaban J connectivity index is 1.60. The molecule has 0 saturated heterocycles. The molecule has 0 unspecified atom stereocenters. The van der Waals surface area contributed by atoms with Gasteiger partial charge in [0, 0.05) is 5.56 Å². The molecule has 4 rings (SSSR count). The molecule has 0 aliphatic heterocycles. The first-order valence-corrected chi connectivity index (χ1v) is 12.5. The average Bonchev–Trinajstić information content (AvgIpc) is 2.78.